The van der Waals surface area contributed by atoms with Crippen molar-refractivity contribution in [3.8, 4) is 5.75 Å². The van der Waals surface area contributed by atoms with Crippen molar-refractivity contribution in [2.24, 2.45) is 4.99 Å². The van der Waals surface area contributed by atoms with E-state index in [2.05, 4.69) is 4.99 Å². The predicted octanol–water partition coefficient (Wildman–Crippen LogP) is 4.89. The Morgan fingerprint density at radius 1 is 1.05 bits per heavy atom. The molecule has 0 radical (unpaired) electrons. The maximum absolute atomic E-state index is 13.8. The van der Waals surface area contributed by atoms with Gasteiger partial charge in [0.1, 0.15) is 5.75 Å². The second-order valence-corrected chi connectivity index (χ2v) is 9.81. The maximum Gasteiger partial charge on any atom is 0.422 e. The topological polar surface area (TPSA) is 69.9 Å². The molecule has 200 valence electrons. The number of ether oxygens (including phenoxy) is 2. The van der Waals surface area contributed by atoms with E-state index in [1.54, 1.807) is 36.4 Å². The van der Waals surface area contributed by atoms with E-state index in [9.17, 15) is 22.8 Å². The van der Waals surface area contributed by atoms with Crippen molar-refractivity contribution < 1.29 is 27.4 Å². The van der Waals surface area contributed by atoms with Gasteiger partial charge in [-0.25, -0.2) is 9.79 Å². The number of hydrogen-bond donors (Lipinski definition) is 0. The molecule has 0 spiro atoms. The second-order valence-electron chi connectivity index (χ2n) is 8.80. The van der Waals surface area contributed by atoms with E-state index < -0.39 is 24.8 Å². The summed E-state index contributed by atoms with van der Waals surface area (Å²) in [6, 6.07) is 18.5. The Kier molecular flexibility index (Phi) is 7.14. The van der Waals surface area contributed by atoms with Crippen LogP contribution in [0.25, 0.3) is 16.8 Å². The molecule has 0 bridgehead atoms. The highest BCUT2D eigenvalue weighted by molar-refractivity contribution is 7.07. The summed E-state index contributed by atoms with van der Waals surface area (Å²) in [6.07, 6.45) is -2.32. The number of carbonyl (C=O) groups excluding carboxylic acids is 1. The largest absolute Gasteiger partial charge is 0.483 e. The van der Waals surface area contributed by atoms with E-state index in [1.807, 2.05) is 37.3 Å². The van der Waals surface area contributed by atoms with Crippen LogP contribution in [0.15, 0.2) is 87.8 Å². The first kappa shape index (κ1) is 26.4. The van der Waals surface area contributed by atoms with Crippen LogP contribution >= 0.6 is 11.3 Å². The summed E-state index contributed by atoms with van der Waals surface area (Å²) in [5.74, 6) is -0.458. The minimum Gasteiger partial charge on any atom is -0.483 e. The first-order valence-electron chi connectivity index (χ1n) is 12.1. The number of alkyl halides is 3. The Bertz CT molecular complexity index is 1770. The lowest BCUT2D eigenvalue weighted by Gasteiger charge is -2.25. The average Bonchev–Trinajstić information content (AvgIpc) is 3.25. The van der Waals surface area contributed by atoms with Crippen molar-refractivity contribution >= 4 is 34.2 Å². The molecule has 1 atom stereocenters. The van der Waals surface area contributed by atoms with E-state index in [1.165, 1.54) is 29.1 Å². The quantitative estimate of drug-likeness (QED) is 0.320. The number of halogens is 3. The van der Waals surface area contributed by atoms with E-state index in [-0.39, 0.29) is 11.3 Å². The van der Waals surface area contributed by atoms with Crippen LogP contribution in [0.5, 0.6) is 5.75 Å². The molecule has 4 aromatic rings. The van der Waals surface area contributed by atoms with Gasteiger partial charge in [-0.1, -0.05) is 78.9 Å². The number of hydrogen-bond acceptors (Lipinski definition) is 6. The molecular weight excluding hydrogens is 529 g/mol. The molecule has 10 heteroatoms. The summed E-state index contributed by atoms with van der Waals surface area (Å²) in [4.78, 5) is 31.8. The number of nitrogens with zero attached hydrogens (tertiary/aromatic N) is 2. The first-order valence-corrected chi connectivity index (χ1v) is 12.9. The Hall–Kier alpha value is -4.18. The van der Waals surface area contributed by atoms with Gasteiger partial charge in [0.2, 0.25) is 0 Å². The van der Waals surface area contributed by atoms with Gasteiger partial charge in [0.15, 0.2) is 11.4 Å². The summed E-state index contributed by atoms with van der Waals surface area (Å²) in [6.45, 7) is 0.476. The molecule has 1 aliphatic heterocycles. The Balaban J connectivity index is 1.69. The third kappa shape index (κ3) is 5.12. The molecule has 0 saturated carbocycles. The number of carbonyl (C=O) groups is 1. The number of thiazole rings is 1. The lowest BCUT2D eigenvalue weighted by atomic mass is 9.95. The van der Waals surface area contributed by atoms with Crippen molar-refractivity contribution in [3.63, 3.8) is 0 Å². The molecule has 1 aliphatic rings. The molecule has 6 nitrogen and oxygen atoms in total. The first-order chi connectivity index (χ1) is 18.7. The average molecular weight is 553 g/mol. The molecule has 0 fully saturated rings. The lowest BCUT2D eigenvalue weighted by Crippen LogP contribution is -2.40. The van der Waals surface area contributed by atoms with E-state index in [0.717, 1.165) is 5.56 Å². The number of benzene rings is 3. The molecule has 2 heterocycles. The van der Waals surface area contributed by atoms with Gasteiger partial charge < -0.3 is 9.47 Å². The van der Waals surface area contributed by atoms with Crippen molar-refractivity contribution in [1.29, 1.82) is 0 Å². The fraction of sp³-hybridized carbons (Fsp3) is 0.207. The Morgan fingerprint density at radius 2 is 1.74 bits per heavy atom. The van der Waals surface area contributed by atoms with E-state index in [4.69, 9.17) is 9.47 Å². The van der Waals surface area contributed by atoms with Crippen molar-refractivity contribution in [2.75, 3.05) is 13.7 Å². The molecule has 0 unspecified atom stereocenters. The van der Waals surface area contributed by atoms with Gasteiger partial charge in [-0.15, -0.1) is 0 Å². The van der Waals surface area contributed by atoms with Crippen LogP contribution < -0.4 is 19.6 Å². The molecule has 39 heavy (non-hydrogen) atoms. The van der Waals surface area contributed by atoms with Crippen LogP contribution in [0.3, 0.4) is 0 Å². The van der Waals surface area contributed by atoms with Crippen LogP contribution in [-0.2, 0) is 9.53 Å². The van der Waals surface area contributed by atoms with Crippen molar-refractivity contribution in [2.45, 2.75) is 25.6 Å². The molecular formula is C29H23F3N2O4S. The van der Waals surface area contributed by atoms with Crippen LogP contribution in [-0.4, -0.2) is 30.4 Å². The normalized spacial score (nSPS) is 15.7. The highest BCUT2D eigenvalue weighted by Gasteiger charge is 2.33. The van der Waals surface area contributed by atoms with Gasteiger partial charge >= 0.3 is 12.1 Å². The fourth-order valence-corrected chi connectivity index (χ4v) is 5.67. The molecule has 0 aliphatic carbocycles. The number of allylic oxidation sites excluding steroid dienone is 1. The number of rotatable bonds is 6. The third-order valence-electron chi connectivity index (χ3n) is 6.36. The van der Waals surface area contributed by atoms with Crippen LogP contribution in [0.2, 0.25) is 0 Å². The van der Waals surface area contributed by atoms with Gasteiger partial charge in [0.25, 0.3) is 5.56 Å². The zero-order chi connectivity index (χ0) is 27.7. The highest BCUT2D eigenvalue weighted by Crippen LogP contribution is 2.32. The van der Waals surface area contributed by atoms with Crippen LogP contribution in [0.4, 0.5) is 13.2 Å². The van der Waals surface area contributed by atoms with E-state index in [0.29, 0.717) is 43.4 Å². The SMILES string of the molecule is CCC1=C(C(=O)OC)[C@H](c2ccccc2)n2c(s/c(=C\c3ccc(OCC(F)(F)F)c4ccccc34)c2=O)=N1. The predicted molar refractivity (Wildman–Crippen MR) is 142 cm³/mol. The van der Waals surface area contributed by atoms with Crippen molar-refractivity contribution in [1.82, 2.24) is 4.57 Å². The minimum atomic E-state index is -4.47. The monoisotopic (exact) mass is 552 g/mol. The fourth-order valence-electron chi connectivity index (χ4n) is 4.66. The number of methoxy groups -OCH3 is 1. The summed E-state index contributed by atoms with van der Waals surface area (Å²) >= 11 is 1.18. The van der Waals surface area contributed by atoms with Gasteiger partial charge in [0, 0.05) is 5.39 Å². The van der Waals surface area contributed by atoms with Gasteiger partial charge in [-0.2, -0.15) is 13.2 Å². The summed E-state index contributed by atoms with van der Waals surface area (Å²) in [5, 5.41) is 1.12. The van der Waals surface area contributed by atoms with Gasteiger partial charge in [-0.3, -0.25) is 9.36 Å². The molecule has 0 N–H and O–H groups in total. The van der Waals surface area contributed by atoms with Crippen LogP contribution in [0, 0.1) is 0 Å². The van der Waals surface area contributed by atoms with Crippen LogP contribution in [0.1, 0.15) is 30.5 Å². The molecule has 3 aromatic carbocycles. The van der Waals surface area contributed by atoms with Crippen molar-refractivity contribution in [3.05, 3.63) is 109 Å². The summed E-state index contributed by atoms with van der Waals surface area (Å²) in [5.41, 5.74) is 1.88. The number of fused-ring (bicyclic) bond motifs is 2. The number of esters is 1. The smallest absolute Gasteiger partial charge is 0.422 e. The molecule has 1 aromatic heterocycles. The van der Waals surface area contributed by atoms with E-state index >= 15 is 0 Å². The Labute approximate surface area is 225 Å². The maximum atomic E-state index is 13.8. The summed E-state index contributed by atoms with van der Waals surface area (Å²) in [7, 11) is 1.29. The molecule has 0 amide bonds. The highest BCUT2D eigenvalue weighted by atomic mass is 32.1. The zero-order valence-corrected chi connectivity index (χ0v) is 21.8. The van der Waals surface area contributed by atoms with Gasteiger partial charge in [-0.05, 0) is 35.1 Å². The second kappa shape index (κ2) is 10.5. The lowest BCUT2D eigenvalue weighted by molar-refractivity contribution is -0.153. The number of aromatic nitrogens is 1. The zero-order valence-electron chi connectivity index (χ0n) is 21.0. The third-order valence-corrected chi connectivity index (χ3v) is 7.34. The standard InChI is InChI=1S/C29H23F3N2O4S/c1-3-21-24(27(36)37-2)25(17-9-5-4-6-10-17)34-26(35)23(39-28(34)33-21)15-18-13-14-22(38-16-29(30,31)32)20-12-8-7-11-19(18)20/h4-15,25H,3,16H2,1-2H3/b23-15-/t25-/m0/s1. The Morgan fingerprint density at radius 3 is 2.41 bits per heavy atom. The van der Waals surface area contributed by atoms with Gasteiger partial charge in [0.05, 0.1) is 29.0 Å². The molecule has 5 rings (SSSR count). The minimum absolute atomic E-state index is 0.0981. The molecule has 0 saturated heterocycles. The summed E-state index contributed by atoms with van der Waals surface area (Å²) < 4.78 is 50.3.